The van der Waals surface area contributed by atoms with Gasteiger partial charge < -0.3 is 9.47 Å². The van der Waals surface area contributed by atoms with Crippen molar-refractivity contribution in [2.75, 3.05) is 6.61 Å². The standard InChI is InChI=1S/C18H14BrF3O2/c19-17-13-4-6-15(12(13)3-5-14(17)18(20,21)22)24-11-2-1-10-7-8-23-16(10)9-11/h1-3,5,9,15H,4,6-8H2/t15-/m1/s1. The van der Waals surface area contributed by atoms with E-state index in [1.54, 1.807) is 0 Å². The Kier molecular flexibility index (Phi) is 3.75. The van der Waals surface area contributed by atoms with Crippen LogP contribution in [0.1, 0.15) is 34.8 Å². The first-order valence-corrected chi connectivity index (χ1v) is 8.53. The van der Waals surface area contributed by atoms with Gasteiger partial charge in [-0.1, -0.05) is 12.1 Å². The number of halogens is 4. The summed E-state index contributed by atoms with van der Waals surface area (Å²) in [5.74, 6) is 1.52. The van der Waals surface area contributed by atoms with Crippen LogP contribution in [0.25, 0.3) is 0 Å². The number of alkyl halides is 3. The maximum absolute atomic E-state index is 13.0. The van der Waals surface area contributed by atoms with E-state index < -0.39 is 11.7 Å². The fraction of sp³-hybridized carbons (Fsp3) is 0.333. The zero-order chi connectivity index (χ0) is 16.9. The van der Waals surface area contributed by atoms with Gasteiger partial charge in [0, 0.05) is 17.0 Å². The molecule has 0 amide bonds. The highest BCUT2D eigenvalue weighted by molar-refractivity contribution is 9.10. The van der Waals surface area contributed by atoms with Gasteiger partial charge in [-0.3, -0.25) is 0 Å². The minimum Gasteiger partial charge on any atom is -0.493 e. The Labute approximate surface area is 145 Å². The van der Waals surface area contributed by atoms with Crippen molar-refractivity contribution in [3.63, 3.8) is 0 Å². The van der Waals surface area contributed by atoms with E-state index in [0.717, 1.165) is 29.4 Å². The molecular formula is C18H14BrF3O2. The Balaban J connectivity index is 1.62. The summed E-state index contributed by atoms with van der Waals surface area (Å²) < 4.78 is 50.7. The van der Waals surface area contributed by atoms with Crippen LogP contribution in [0.15, 0.2) is 34.8 Å². The first-order valence-electron chi connectivity index (χ1n) is 7.74. The molecule has 24 heavy (non-hydrogen) atoms. The van der Waals surface area contributed by atoms with Gasteiger partial charge in [-0.2, -0.15) is 13.2 Å². The third-order valence-corrected chi connectivity index (χ3v) is 5.44. The number of ether oxygens (including phenoxy) is 2. The molecule has 0 saturated carbocycles. The normalized spacial score (nSPS) is 18.9. The Morgan fingerprint density at radius 1 is 1.12 bits per heavy atom. The van der Waals surface area contributed by atoms with Crippen LogP contribution < -0.4 is 9.47 Å². The van der Waals surface area contributed by atoms with E-state index >= 15 is 0 Å². The number of rotatable bonds is 2. The summed E-state index contributed by atoms with van der Waals surface area (Å²) in [6.07, 6.45) is -2.48. The van der Waals surface area contributed by atoms with Crippen LogP contribution in [-0.2, 0) is 19.0 Å². The lowest BCUT2D eigenvalue weighted by Crippen LogP contribution is -2.09. The van der Waals surface area contributed by atoms with E-state index in [1.807, 2.05) is 18.2 Å². The van der Waals surface area contributed by atoms with Gasteiger partial charge in [0.2, 0.25) is 0 Å². The van der Waals surface area contributed by atoms with Gasteiger partial charge in [0.15, 0.2) is 0 Å². The summed E-state index contributed by atoms with van der Waals surface area (Å²) >= 11 is 3.13. The Hall–Kier alpha value is -1.69. The SMILES string of the molecule is FC(F)(F)c1ccc2c(c1Br)CC[C@H]2Oc1ccc2c(c1)OCC2. The van der Waals surface area contributed by atoms with Gasteiger partial charge in [-0.05, 0) is 57.6 Å². The van der Waals surface area contributed by atoms with Crippen LogP contribution in [0.5, 0.6) is 11.5 Å². The highest BCUT2D eigenvalue weighted by Gasteiger charge is 2.37. The average molecular weight is 399 g/mol. The molecule has 0 unspecified atom stereocenters. The van der Waals surface area contributed by atoms with E-state index in [1.165, 1.54) is 6.07 Å². The lowest BCUT2D eigenvalue weighted by molar-refractivity contribution is -0.138. The molecule has 0 saturated heterocycles. The van der Waals surface area contributed by atoms with Crippen molar-refractivity contribution >= 4 is 15.9 Å². The molecule has 1 aliphatic heterocycles. The van der Waals surface area contributed by atoms with Gasteiger partial charge in [-0.15, -0.1) is 0 Å². The van der Waals surface area contributed by atoms with Crippen molar-refractivity contribution in [2.45, 2.75) is 31.5 Å². The molecule has 6 heteroatoms. The third kappa shape index (κ3) is 2.66. The first-order chi connectivity index (χ1) is 11.4. The van der Waals surface area contributed by atoms with E-state index in [0.29, 0.717) is 30.8 Å². The monoisotopic (exact) mass is 398 g/mol. The summed E-state index contributed by atoms with van der Waals surface area (Å²) in [5.41, 5.74) is 2.03. The van der Waals surface area contributed by atoms with Crippen LogP contribution in [-0.4, -0.2) is 6.61 Å². The minimum atomic E-state index is -4.36. The second kappa shape index (κ2) is 5.69. The fourth-order valence-corrected chi connectivity index (χ4v) is 4.13. The highest BCUT2D eigenvalue weighted by Crippen LogP contribution is 2.44. The Morgan fingerprint density at radius 3 is 2.75 bits per heavy atom. The molecule has 2 aromatic carbocycles. The average Bonchev–Trinajstić information content (AvgIpc) is 3.13. The molecule has 1 aliphatic carbocycles. The lowest BCUT2D eigenvalue weighted by Gasteiger charge is -2.17. The Bertz CT molecular complexity index is 802. The van der Waals surface area contributed by atoms with Crippen LogP contribution in [0.3, 0.4) is 0 Å². The molecule has 126 valence electrons. The van der Waals surface area contributed by atoms with Gasteiger partial charge in [0.1, 0.15) is 17.6 Å². The molecule has 1 heterocycles. The second-order valence-electron chi connectivity index (χ2n) is 6.01. The summed E-state index contributed by atoms with van der Waals surface area (Å²) in [6.45, 7) is 0.679. The summed E-state index contributed by atoms with van der Waals surface area (Å²) in [6, 6.07) is 8.39. The molecular weight excluding hydrogens is 385 g/mol. The zero-order valence-corrected chi connectivity index (χ0v) is 14.2. The topological polar surface area (TPSA) is 18.5 Å². The van der Waals surface area contributed by atoms with Crippen molar-refractivity contribution in [3.8, 4) is 11.5 Å². The number of hydrogen-bond acceptors (Lipinski definition) is 2. The first kappa shape index (κ1) is 15.8. The predicted molar refractivity (Wildman–Crippen MR) is 86.5 cm³/mol. The van der Waals surface area contributed by atoms with Crippen LogP contribution in [0.2, 0.25) is 0 Å². The summed E-state index contributed by atoms with van der Waals surface area (Å²) in [7, 11) is 0. The van der Waals surface area contributed by atoms with E-state index in [-0.39, 0.29) is 10.6 Å². The van der Waals surface area contributed by atoms with E-state index in [2.05, 4.69) is 15.9 Å². The molecule has 4 rings (SSSR count). The molecule has 2 aliphatic rings. The molecule has 2 aromatic rings. The van der Waals surface area contributed by atoms with E-state index in [4.69, 9.17) is 9.47 Å². The van der Waals surface area contributed by atoms with Gasteiger partial charge >= 0.3 is 6.18 Å². The zero-order valence-electron chi connectivity index (χ0n) is 12.6. The number of hydrogen-bond donors (Lipinski definition) is 0. The lowest BCUT2D eigenvalue weighted by atomic mass is 10.1. The van der Waals surface area contributed by atoms with E-state index in [9.17, 15) is 13.2 Å². The van der Waals surface area contributed by atoms with Crippen molar-refractivity contribution in [3.05, 3.63) is 57.1 Å². The van der Waals surface area contributed by atoms with Gasteiger partial charge in [-0.25, -0.2) is 0 Å². The number of benzene rings is 2. The third-order valence-electron chi connectivity index (χ3n) is 4.53. The van der Waals surface area contributed by atoms with Gasteiger partial charge in [0.25, 0.3) is 0 Å². The smallest absolute Gasteiger partial charge is 0.417 e. The molecule has 0 fully saturated rings. The van der Waals surface area contributed by atoms with Gasteiger partial charge in [0.05, 0.1) is 12.2 Å². The fourth-order valence-electron chi connectivity index (χ4n) is 3.35. The predicted octanol–water partition coefficient (Wildman–Crippen LogP) is 5.47. The molecule has 0 bridgehead atoms. The van der Waals surface area contributed by atoms with Crippen molar-refractivity contribution in [1.29, 1.82) is 0 Å². The van der Waals surface area contributed by atoms with Crippen molar-refractivity contribution < 1.29 is 22.6 Å². The molecule has 1 atom stereocenters. The quantitative estimate of drug-likeness (QED) is 0.667. The molecule has 0 radical (unpaired) electrons. The van der Waals surface area contributed by atoms with Crippen molar-refractivity contribution in [1.82, 2.24) is 0 Å². The maximum atomic E-state index is 13.0. The minimum absolute atomic E-state index is 0.135. The molecule has 0 spiro atoms. The van der Waals surface area contributed by atoms with Crippen LogP contribution >= 0.6 is 15.9 Å². The molecule has 0 aromatic heterocycles. The largest absolute Gasteiger partial charge is 0.493 e. The number of fused-ring (bicyclic) bond motifs is 2. The summed E-state index contributed by atoms with van der Waals surface area (Å²) in [4.78, 5) is 0. The second-order valence-corrected chi connectivity index (χ2v) is 6.80. The molecule has 0 N–H and O–H groups in total. The van der Waals surface area contributed by atoms with Crippen LogP contribution in [0, 0.1) is 0 Å². The highest BCUT2D eigenvalue weighted by atomic mass is 79.9. The summed E-state index contributed by atoms with van der Waals surface area (Å²) in [5, 5.41) is 0. The maximum Gasteiger partial charge on any atom is 0.417 e. The van der Waals surface area contributed by atoms with Crippen LogP contribution in [0.4, 0.5) is 13.2 Å². The van der Waals surface area contributed by atoms with Crippen molar-refractivity contribution in [2.24, 2.45) is 0 Å². The molecule has 2 nitrogen and oxygen atoms in total. The Morgan fingerprint density at radius 2 is 1.96 bits per heavy atom.